The van der Waals surface area contributed by atoms with Gasteiger partial charge in [0.15, 0.2) is 0 Å². The molecule has 0 aromatic rings. The Bertz CT molecular complexity index is 464. The Labute approximate surface area is 123 Å². The molecular weight excluding hydrogens is 242 g/mol. The van der Waals surface area contributed by atoms with Crippen molar-refractivity contribution >= 4 is 0 Å². The molecule has 0 aliphatic heterocycles. The van der Waals surface area contributed by atoms with Gasteiger partial charge in [0.2, 0.25) is 0 Å². The first-order chi connectivity index (χ1) is 9.55. The topological polar surface area (TPSA) is 26.0 Å². The fraction of sp³-hybridized carbons (Fsp3) is 0.789. The summed E-state index contributed by atoms with van der Waals surface area (Å²) >= 11 is 0. The highest BCUT2D eigenvalue weighted by Crippen LogP contribution is 2.64. The molecule has 0 radical (unpaired) electrons. The average molecular weight is 271 g/mol. The molecule has 20 heavy (non-hydrogen) atoms. The molecule has 0 spiro atoms. The van der Waals surface area contributed by atoms with Crippen molar-refractivity contribution in [2.24, 2.45) is 40.2 Å². The molecule has 1 nitrogen and oxygen atoms in total. The summed E-state index contributed by atoms with van der Waals surface area (Å²) in [6.07, 6.45) is 17.8. The molecule has 2 unspecified atom stereocenters. The van der Waals surface area contributed by atoms with Gasteiger partial charge in [-0.05, 0) is 66.6 Å². The lowest BCUT2D eigenvalue weighted by Gasteiger charge is -2.59. The second-order valence-electron chi connectivity index (χ2n) is 8.49. The Balaban J connectivity index is 1.73. The van der Waals surface area contributed by atoms with E-state index in [1.807, 2.05) is 0 Å². The van der Waals surface area contributed by atoms with Crippen molar-refractivity contribution in [3.63, 3.8) is 0 Å². The van der Waals surface area contributed by atoms with E-state index in [-0.39, 0.29) is 0 Å². The quantitative estimate of drug-likeness (QED) is 0.698. The van der Waals surface area contributed by atoms with Gasteiger partial charge in [-0.2, -0.15) is 0 Å². The van der Waals surface area contributed by atoms with Crippen LogP contribution in [0.3, 0.4) is 0 Å². The lowest BCUT2D eigenvalue weighted by molar-refractivity contribution is -0.0649. The molecule has 3 saturated carbocycles. The Morgan fingerprint density at radius 3 is 2.75 bits per heavy atom. The summed E-state index contributed by atoms with van der Waals surface area (Å²) in [4.78, 5) is 0. The van der Waals surface area contributed by atoms with Gasteiger partial charge in [0.25, 0.3) is 0 Å². The molecule has 4 aliphatic rings. The second-order valence-corrected chi connectivity index (χ2v) is 8.49. The maximum absolute atomic E-state index is 6.71. The Morgan fingerprint density at radius 1 is 1.05 bits per heavy atom. The maximum atomic E-state index is 6.71. The maximum Gasteiger partial charge on any atom is 0.00789 e. The Kier molecular flexibility index (Phi) is 2.77. The lowest BCUT2D eigenvalue weighted by Crippen LogP contribution is -2.58. The molecule has 0 heterocycles. The van der Waals surface area contributed by atoms with Gasteiger partial charge in [-0.25, -0.2) is 0 Å². The minimum Gasteiger partial charge on any atom is -0.327 e. The predicted molar refractivity (Wildman–Crippen MR) is 84.1 cm³/mol. The van der Waals surface area contributed by atoms with Crippen LogP contribution in [-0.4, -0.2) is 6.04 Å². The van der Waals surface area contributed by atoms with Gasteiger partial charge in [0, 0.05) is 6.04 Å². The van der Waals surface area contributed by atoms with Gasteiger partial charge in [-0.15, -0.1) is 0 Å². The van der Waals surface area contributed by atoms with Crippen molar-refractivity contribution in [3.8, 4) is 0 Å². The molecule has 0 aromatic carbocycles. The minimum atomic E-state index is 0.374. The third-order valence-corrected chi connectivity index (χ3v) is 7.64. The van der Waals surface area contributed by atoms with Crippen LogP contribution < -0.4 is 5.73 Å². The molecular formula is C19H29N. The molecule has 3 fully saturated rings. The molecule has 1 heteroatoms. The van der Waals surface area contributed by atoms with Crippen LogP contribution in [0.2, 0.25) is 0 Å². The first kappa shape index (κ1) is 13.1. The largest absolute Gasteiger partial charge is 0.327 e. The van der Waals surface area contributed by atoms with Crippen LogP contribution in [-0.2, 0) is 0 Å². The van der Waals surface area contributed by atoms with Crippen LogP contribution in [0.5, 0.6) is 0 Å². The normalized spacial score (nSPS) is 57.0. The van der Waals surface area contributed by atoms with Crippen molar-refractivity contribution in [3.05, 3.63) is 24.3 Å². The highest BCUT2D eigenvalue weighted by Gasteiger charge is 2.58. The Hall–Kier alpha value is -0.560. The fourth-order valence-electron chi connectivity index (χ4n) is 6.48. The van der Waals surface area contributed by atoms with Crippen molar-refractivity contribution in [1.29, 1.82) is 0 Å². The van der Waals surface area contributed by atoms with E-state index >= 15 is 0 Å². The van der Waals surface area contributed by atoms with Crippen LogP contribution in [0.15, 0.2) is 24.3 Å². The smallest absolute Gasteiger partial charge is 0.00789 e. The molecule has 4 aliphatic carbocycles. The third kappa shape index (κ3) is 1.59. The zero-order valence-electron chi connectivity index (χ0n) is 13.0. The van der Waals surface area contributed by atoms with E-state index < -0.39 is 0 Å². The number of nitrogens with two attached hydrogens (primary N) is 1. The molecule has 0 bridgehead atoms. The van der Waals surface area contributed by atoms with E-state index in [2.05, 4.69) is 38.2 Å². The summed E-state index contributed by atoms with van der Waals surface area (Å²) in [7, 11) is 0. The second kappa shape index (κ2) is 4.22. The van der Waals surface area contributed by atoms with Gasteiger partial charge in [-0.1, -0.05) is 44.6 Å². The molecule has 2 N–H and O–H groups in total. The van der Waals surface area contributed by atoms with Gasteiger partial charge >= 0.3 is 0 Å². The minimum absolute atomic E-state index is 0.374. The summed E-state index contributed by atoms with van der Waals surface area (Å²) in [6, 6.07) is 0.428. The predicted octanol–water partition coefficient (Wildman–Crippen LogP) is 4.30. The number of allylic oxidation sites excluding steroid dienone is 4. The number of fused-ring (bicyclic) bond motifs is 5. The van der Waals surface area contributed by atoms with Crippen LogP contribution >= 0.6 is 0 Å². The van der Waals surface area contributed by atoms with E-state index in [1.54, 1.807) is 0 Å². The molecule has 110 valence electrons. The summed E-state index contributed by atoms with van der Waals surface area (Å²) in [5.41, 5.74) is 7.69. The lowest BCUT2D eigenvalue weighted by atomic mass is 9.46. The highest BCUT2D eigenvalue weighted by molar-refractivity contribution is 5.24. The first-order valence-corrected chi connectivity index (χ1v) is 8.66. The SMILES string of the molecule is C[C@@]12CCC[C@H]1[C@@H]1C(N)CC3C=CC=C[C@]3(C)[C@H]1CC2. The van der Waals surface area contributed by atoms with E-state index in [9.17, 15) is 0 Å². The Morgan fingerprint density at radius 2 is 1.90 bits per heavy atom. The monoisotopic (exact) mass is 271 g/mol. The summed E-state index contributed by atoms with van der Waals surface area (Å²) in [6.45, 7) is 5.07. The van der Waals surface area contributed by atoms with Crippen LogP contribution in [0.25, 0.3) is 0 Å². The van der Waals surface area contributed by atoms with Crippen molar-refractivity contribution in [1.82, 2.24) is 0 Å². The third-order valence-electron chi connectivity index (χ3n) is 7.64. The number of rotatable bonds is 0. The van der Waals surface area contributed by atoms with E-state index in [1.165, 1.54) is 38.5 Å². The van der Waals surface area contributed by atoms with E-state index in [4.69, 9.17) is 5.73 Å². The summed E-state index contributed by atoms with van der Waals surface area (Å²) in [5, 5.41) is 0. The first-order valence-electron chi connectivity index (χ1n) is 8.66. The standard InChI is InChI=1S/C19H29N/c1-18-9-5-7-14(18)17-15(8-11-18)19(2)10-4-3-6-13(19)12-16(17)20/h3-4,6,10,13-17H,5,7-9,11-12,20H2,1-2H3/t13?,14-,15-,16?,17-,18-,19-/m0/s1. The van der Waals surface area contributed by atoms with Gasteiger partial charge < -0.3 is 5.73 Å². The van der Waals surface area contributed by atoms with Crippen molar-refractivity contribution in [2.75, 3.05) is 0 Å². The van der Waals surface area contributed by atoms with Gasteiger partial charge in [0.05, 0.1) is 0 Å². The van der Waals surface area contributed by atoms with Gasteiger partial charge in [-0.3, -0.25) is 0 Å². The van der Waals surface area contributed by atoms with Crippen LogP contribution in [0, 0.1) is 34.5 Å². The van der Waals surface area contributed by atoms with Crippen molar-refractivity contribution < 1.29 is 0 Å². The van der Waals surface area contributed by atoms with E-state index in [0.29, 0.717) is 22.8 Å². The number of hydrogen-bond donors (Lipinski definition) is 1. The molecule has 4 rings (SSSR count). The highest BCUT2D eigenvalue weighted by atomic mass is 14.7. The number of hydrogen-bond acceptors (Lipinski definition) is 1. The summed E-state index contributed by atoms with van der Waals surface area (Å²) < 4.78 is 0. The molecule has 0 amide bonds. The molecule has 0 saturated heterocycles. The van der Waals surface area contributed by atoms with Crippen LogP contribution in [0.1, 0.15) is 52.4 Å². The fourth-order valence-corrected chi connectivity index (χ4v) is 6.48. The molecule has 0 aromatic heterocycles. The average Bonchev–Trinajstić information content (AvgIpc) is 2.81. The van der Waals surface area contributed by atoms with E-state index in [0.717, 1.165) is 17.8 Å². The summed E-state index contributed by atoms with van der Waals surface area (Å²) in [5.74, 6) is 3.16. The zero-order valence-corrected chi connectivity index (χ0v) is 13.0. The van der Waals surface area contributed by atoms with Crippen LogP contribution in [0.4, 0.5) is 0 Å². The van der Waals surface area contributed by atoms with Crippen molar-refractivity contribution in [2.45, 2.75) is 58.4 Å². The molecule has 7 atom stereocenters. The zero-order chi connectivity index (χ0) is 14.0. The van der Waals surface area contributed by atoms with Gasteiger partial charge in [0.1, 0.15) is 0 Å².